The number of anilines is 1. The van der Waals surface area contributed by atoms with Crippen LogP contribution in [0, 0.1) is 0 Å². The quantitative estimate of drug-likeness (QED) is 0.421. The Morgan fingerprint density at radius 2 is 1.66 bits per heavy atom. The van der Waals surface area contributed by atoms with Gasteiger partial charge < -0.3 is 34.1 Å². The zero-order chi connectivity index (χ0) is 27.7. The van der Waals surface area contributed by atoms with Gasteiger partial charge in [-0.3, -0.25) is 4.79 Å². The van der Waals surface area contributed by atoms with Gasteiger partial charge in [-0.1, -0.05) is 0 Å². The Morgan fingerprint density at radius 1 is 1.00 bits per heavy atom. The van der Waals surface area contributed by atoms with Crippen molar-refractivity contribution in [3.63, 3.8) is 0 Å². The third-order valence-electron chi connectivity index (χ3n) is 5.94. The number of pyridine rings is 1. The van der Waals surface area contributed by atoms with E-state index in [1.165, 1.54) is 53.0 Å². The summed E-state index contributed by atoms with van der Waals surface area (Å²) in [5.74, 6) is 1.19. The van der Waals surface area contributed by atoms with Crippen molar-refractivity contribution in [3.8, 4) is 23.1 Å². The normalized spacial score (nSPS) is 14.6. The van der Waals surface area contributed by atoms with E-state index in [1.54, 1.807) is 23.1 Å². The molecule has 1 aromatic carbocycles. The van der Waals surface area contributed by atoms with E-state index in [1.807, 2.05) is 7.05 Å². The molecule has 0 unspecified atom stereocenters. The van der Waals surface area contributed by atoms with Gasteiger partial charge in [-0.2, -0.15) is 0 Å². The van der Waals surface area contributed by atoms with Crippen LogP contribution in [-0.4, -0.2) is 90.8 Å². The van der Waals surface area contributed by atoms with Gasteiger partial charge in [0.2, 0.25) is 11.8 Å². The molecule has 2 heterocycles. The summed E-state index contributed by atoms with van der Waals surface area (Å²) in [7, 11) is 4.25. The standard InChI is InChI=1S/C26H34N4O7S/c1-29-9-11-30(12-10-29)25(31)6-8-27-22-14-19(17-28-26(22)37-5)18-38(32,33)13-7-21-23(35-3)15-20(34-2)16-24(21)36-4/h6-8,13-17,27H,9-12,18H2,1-5H3/b8-6-,13-7+. The highest BCUT2D eigenvalue weighted by Gasteiger charge is 2.17. The van der Waals surface area contributed by atoms with Crippen LogP contribution >= 0.6 is 0 Å². The van der Waals surface area contributed by atoms with E-state index in [0.29, 0.717) is 47.2 Å². The van der Waals surface area contributed by atoms with Crippen LogP contribution in [0.15, 0.2) is 42.1 Å². The molecule has 2 aromatic rings. The van der Waals surface area contributed by atoms with E-state index in [-0.39, 0.29) is 17.5 Å². The van der Waals surface area contributed by atoms with Crippen molar-refractivity contribution in [2.45, 2.75) is 5.75 Å². The summed E-state index contributed by atoms with van der Waals surface area (Å²) >= 11 is 0. The number of nitrogens with zero attached hydrogens (tertiary/aromatic N) is 3. The van der Waals surface area contributed by atoms with Gasteiger partial charge in [0.15, 0.2) is 9.84 Å². The Morgan fingerprint density at radius 3 is 2.24 bits per heavy atom. The molecule has 1 saturated heterocycles. The second kappa shape index (κ2) is 13.2. The number of carbonyl (C=O) groups excluding carboxylic acids is 1. The van der Waals surface area contributed by atoms with Crippen LogP contribution in [0.5, 0.6) is 23.1 Å². The van der Waals surface area contributed by atoms with Gasteiger partial charge in [-0.15, -0.1) is 0 Å². The second-order valence-corrected chi connectivity index (χ2v) is 10.4. The number of rotatable bonds is 11. The smallest absolute Gasteiger partial charge is 0.248 e. The van der Waals surface area contributed by atoms with Crippen molar-refractivity contribution in [1.29, 1.82) is 0 Å². The summed E-state index contributed by atoms with van der Waals surface area (Å²) in [5, 5.41) is 4.09. The average Bonchev–Trinajstić information content (AvgIpc) is 2.91. The molecule has 1 aliphatic heterocycles. The van der Waals surface area contributed by atoms with Crippen molar-refractivity contribution in [2.24, 2.45) is 0 Å². The molecule has 0 aliphatic carbocycles. The van der Waals surface area contributed by atoms with Crippen LogP contribution < -0.4 is 24.3 Å². The van der Waals surface area contributed by atoms with Crippen molar-refractivity contribution < 1.29 is 32.2 Å². The third-order valence-corrected chi connectivity index (χ3v) is 7.23. The van der Waals surface area contributed by atoms with Crippen LogP contribution in [0.1, 0.15) is 11.1 Å². The zero-order valence-electron chi connectivity index (χ0n) is 22.3. The maximum absolute atomic E-state index is 12.9. The first-order valence-corrected chi connectivity index (χ1v) is 13.6. The Bertz CT molecular complexity index is 1260. The molecule has 0 bridgehead atoms. The molecule has 1 aliphatic rings. The zero-order valence-corrected chi connectivity index (χ0v) is 23.1. The van der Waals surface area contributed by atoms with E-state index in [0.717, 1.165) is 18.5 Å². The van der Waals surface area contributed by atoms with Gasteiger partial charge in [-0.25, -0.2) is 13.4 Å². The molecule has 1 amide bonds. The fourth-order valence-electron chi connectivity index (χ4n) is 3.82. The Balaban J connectivity index is 1.74. The number of hydrogen-bond donors (Lipinski definition) is 1. The highest BCUT2D eigenvalue weighted by Crippen LogP contribution is 2.35. The SMILES string of the molecule is COc1cc(OC)c(/C=C/S(=O)(=O)Cc2cnc(OC)c(N/C=C\C(=O)N3CCN(C)CC3)c2)c(OC)c1. The summed E-state index contributed by atoms with van der Waals surface area (Å²) in [6.07, 6.45) is 5.80. The van der Waals surface area contributed by atoms with Gasteiger partial charge in [0.05, 0.1) is 39.8 Å². The summed E-state index contributed by atoms with van der Waals surface area (Å²) in [6, 6.07) is 4.90. The van der Waals surface area contributed by atoms with Crippen LogP contribution in [0.3, 0.4) is 0 Å². The van der Waals surface area contributed by atoms with Crippen LogP contribution in [0.4, 0.5) is 5.69 Å². The van der Waals surface area contributed by atoms with Crippen molar-refractivity contribution in [1.82, 2.24) is 14.8 Å². The van der Waals surface area contributed by atoms with Crippen molar-refractivity contribution in [2.75, 3.05) is 67.0 Å². The maximum atomic E-state index is 12.9. The summed E-state index contributed by atoms with van der Waals surface area (Å²) in [4.78, 5) is 20.6. The Kier molecular flexibility index (Phi) is 9.97. The molecule has 0 saturated carbocycles. The minimum atomic E-state index is -3.70. The number of benzene rings is 1. The summed E-state index contributed by atoms with van der Waals surface area (Å²) in [5.41, 5.74) is 1.33. The van der Waals surface area contributed by atoms with Crippen molar-refractivity contribution in [3.05, 3.63) is 53.2 Å². The summed E-state index contributed by atoms with van der Waals surface area (Å²) in [6.45, 7) is 2.99. The number of amides is 1. The molecule has 1 aromatic heterocycles. The molecular weight excluding hydrogens is 512 g/mol. The number of sulfone groups is 1. The number of piperazine rings is 1. The van der Waals surface area contributed by atoms with Crippen LogP contribution in [0.2, 0.25) is 0 Å². The third kappa shape index (κ3) is 7.62. The van der Waals surface area contributed by atoms with Gasteiger partial charge in [0.25, 0.3) is 0 Å². The highest BCUT2D eigenvalue weighted by atomic mass is 32.2. The molecule has 11 nitrogen and oxygen atoms in total. The number of ether oxygens (including phenoxy) is 4. The molecule has 1 fully saturated rings. The molecule has 0 atom stereocenters. The fraction of sp³-hybridized carbons (Fsp3) is 0.385. The number of nitrogens with one attached hydrogen (secondary N) is 1. The van der Waals surface area contributed by atoms with Gasteiger partial charge in [0.1, 0.15) is 22.9 Å². The van der Waals surface area contributed by atoms with Crippen LogP contribution in [0.25, 0.3) is 6.08 Å². The van der Waals surface area contributed by atoms with Gasteiger partial charge in [-0.05, 0) is 24.8 Å². The molecule has 0 radical (unpaired) electrons. The maximum Gasteiger partial charge on any atom is 0.248 e. The second-order valence-electron chi connectivity index (χ2n) is 8.56. The largest absolute Gasteiger partial charge is 0.496 e. The number of hydrogen-bond acceptors (Lipinski definition) is 10. The molecule has 1 N–H and O–H groups in total. The number of aromatic nitrogens is 1. The lowest BCUT2D eigenvalue weighted by atomic mass is 10.1. The topological polar surface area (TPSA) is 120 Å². The molecular formula is C26H34N4O7S. The molecule has 3 rings (SSSR count). The monoisotopic (exact) mass is 546 g/mol. The van der Waals surface area contributed by atoms with Crippen molar-refractivity contribution >= 4 is 27.5 Å². The lowest BCUT2D eigenvalue weighted by Crippen LogP contribution is -2.46. The van der Waals surface area contributed by atoms with Gasteiger partial charge >= 0.3 is 0 Å². The summed E-state index contributed by atoms with van der Waals surface area (Å²) < 4.78 is 47.1. The predicted molar refractivity (Wildman–Crippen MR) is 145 cm³/mol. The first-order valence-electron chi connectivity index (χ1n) is 11.8. The molecule has 206 valence electrons. The van der Waals surface area contributed by atoms with Crippen LogP contribution in [-0.2, 0) is 20.4 Å². The van der Waals surface area contributed by atoms with E-state index in [9.17, 15) is 13.2 Å². The van der Waals surface area contributed by atoms with E-state index < -0.39 is 9.84 Å². The molecule has 0 spiro atoms. The fourth-order valence-corrected chi connectivity index (χ4v) is 4.89. The Hall–Kier alpha value is -3.77. The predicted octanol–water partition coefficient (Wildman–Crippen LogP) is 2.40. The van der Waals surface area contributed by atoms with Gasteiger partial charge in [0, 0.05) is 62.2 Å². The minimum Gasteiger partial charge on any atom is -0.496 e. The first kappa shape index (κ1) is 28.8. The lowest BCUT2D eigenvalue weighted by molar-refractivity contribution is -0.127. The number of methoxy groups -OCH3 is 4. The molecule has 12 heteroatoms. The Labute approximate surface area is 223 Å². The van der Waals surface area contributed by atoms with E-state index in [2.05, 4.69) is 15.2 Å². The number of likely N-dealkylation sites (N-methyl/N-ethyl adjacent to an activating group) is 1. The highest BCUT2D eigenvalue weighted by molar-refractivity contribution is 7.93. The lowest BCUT2D eigenvalue weighted by Gasteiger charge is -2.31. The van der Waals surface area contributed by atoms with E-state index in [4.69, 9.17) is 18.9 Å². The minimum absolute atomic E-state index is 0.106. The average molecular weight is 547 g/mol. The number of carbonyl (C=O) groups is 1. The first-order chi connectivity index (χ1) is 18.2. The van der Waals surface area contributed by atoms with E-state index >= 15 is 0 Å². The molecule has 38 heavy (non-hydrogen) atoms.